The van der Waals surface area contributed by atoms with Gasteiger partial charge < -0.3 is 20.3 Å². The van der Waals surface area contributed by atoms with E-state index < -0.39 is 0 Å². The van der Waals surface area contributed by atoms with Crippen LogP contribution in [-0.4, -0.2) is 43.8 Å². The minimum atomic E-state index is -0.237. The molecule has 0 spiro atoms. The summed E-state index contributed by atoms with van der Waals surface area (Å²) in [4.78, 5) is 17.9. The summed E-state index contributed by atoms with van der Waals surface area (Å²) in [6, 6.07) is 20.9. The van der Waals surface area contributed by atoms with Crippen molar-refractivity contribution in [2.45, 2.75) is 24.3 Å². The third-order valence-corrected chi connectivity index (χ3v) is 7.17. The van der Waals surface area contributed by atoms with Crippen molar-refractivity contribution < 1.29 is 9.53 Å². The molecule has 170 valence electrons. The Bertz CT molecular complexity index is 1140. The first-order chi connectivity index (χ1) is 16.1. The van der Waals surface area contributed by atoms with Crippen LogP contribution in [0.25, 0.3) is 11.1 Å². The normalized spacial score (nSPS) is 15.4. The monoisotopic (exact) mass is 459 g/mol. The first kappa shape index (κ1) is 21.9. The maximum atomic E-state index is 12.9. The van der Waals surface area contributed by atoms with Crippen LogP contribution in [0.15, 0.2) is 65.6 Å². The highest BCUT2D eigenvalue weighted by atomic mass is 32.1. The van der Waals surface area contributed by atoms with Gasteiger partial charge in [0.1, 0.15) is 6.61 Å². The number of fused-ring (bicyclic) bond motifs is 3. The van der Waals surface area contributed by atoms with E-state index in [2.05, 4.69) is 79.0 Å². The van der Waals surface area contributed by atoms with Gasteiger partial charge in [-0.05, 0) is 52.4 Å². The van der Waals surface area contributed by atoms with E-state index >= 15 is 0 Å². The fourth-order valence-corrected chi connectivity index (χ4v) is 5.38. The molecular formula is C27H29N3O2S. The zero-order chi connectivity index (χ0) is 22.9. The molecule has 3 aromatic rings. The van der Waals surface area contributed by atoms with E-state index in [1.807, 2.05) is 11.0 Å². The highest BCUT2D eigenvalue weighted by molar-refractivity contribution is 7.80. The summed E-state index contributed by atoms with van der Waals surface area (Å²) in [5.41, 5.74) is 14.3. The average molecular weight is 460 g/mol. The summed E-state index contributed by atoms with van der Waals surface area (Å²) in [5, 5.41) is 0. The Labute approximate surface area is 200 Å². The van der Waals surface area contributed by atoms with Crippen molar-refractivity contribution in [3.63, 3.8) is 0 Å². The summed E-state index contributed by atoms with van der Waals surface area (Å²) in [6.45, 7) is 5.72. The van der Waals surface area contributed by atoms with Gasteiger partial charge in [-0.1, -0.05) is 48.5 Å². The molecule has 0 bridgehead atoms. The number of nitrogens with two attached hydrogens (primary N) is 1. The second kappa shape index (κ2) is 9.12. The second-order valence-electron chi connectivity index (χ2n) is 8.73. The van der Waals surface area contributed by atoms with Gasteiger partial charge in [0.15, 0.2) is 0 Å². The molecular weight excluding hydrogens is 430 g/mol. The number of hydrogen-bond donors (Lipinski definition) is 2. The predicted octanol–water partition coefficient (Wildman–Crippen LogP) is 4.81. The summed E-state index contributed by atoms with van der Waals surface area (Å²) >= 11 is 4.54. The van der Waals surface area contributed by atoms with Crippen molar-refractivity contribution in [2.24, 2.45) is 5.73 Å². The molecule has 5 nitrogen and oxygen atoms in total. The smallest absolute Gasteiger partial charge is 0.409 e. The molecule has 1 aliphatic heterocycles. The molecule has 6 heteroatoms. The Kier molecular flexibility index (Phi) is 6.04. The summed E-state index contributed by atoms with van der Waals surface area (Å²) in [7, 11) is 0. The van der Waals surface area contributed by atoms with Gasteiger partial charge in [0, 0.05) is 49.2 Å². The molecule has 5 rings (SSSR count). The third-order valence-electron chi connectivity index (χ3n) is 6.91. The molecule has 33 heavy (non-hydrogen) atoms. The topological polar surface area (TPSA) is 58.8 Å². The summed E-state index contributed by atoms with van der Waals surface area (Å²) < 4.78 is 5.84. The number of piperazine rings is 1. The minimum absolute atomic E-state index is 0.0816. The molecule has 1 fully saturated rings. The number of amides is 1. The highest BCUT2D eigenvalue weighted by Gasteiger charge is 2.30. The quantitative estimate of drug-likeness (QED) is 0.550. The van der Waals surface area contributed by atoms with Crippen LogP contribution in [-0.2, 0) is 11.3 Å². The van der Waals surface area contributed by atoms with E-state index in [9.17, 15) is 4.79 Å². The van der Waals surface area contributed by atoms with Gasteiger partial charge in [0.2, 0.25) is 0 Å². The fraction of sp³-hybridized carbons (Fsp3) is 0.296. The number of carbonyl (C=O) groups is 1. The van der Waals surface area contributed by atoms with E-state index in [0.29, 0.717) is 26.2 Å². The van der Waals surface area contributed by atoms with Crippen LogP contribution in [0.3, 0.4) is 0 Å². The molecule has 0 radical (unpaired) electrons. The standard InChI is InChI=1S/C27H29N3O2S/c1-18-19(16-28)14-20(33)15-26(18)29-10-12-30(13-11-29)27(31)32-17-25-23-8-4-2-6-21(23)22-7-3-5-9-24(22)25/h2-9,14-15,25,33H,10-13,16-17,28H2,1H3. The number of rotatable bonds is 4. The molecule has 0 unspecified atom stereocenters. The zero-order valence-corrected chi connectivity index (χ0v) is 19.7. The lowest BCUT2D eigenvalue weighted by Gasteiger charge is -2.36. The van der Waals surface area contributed by atoms with Crippen LogP contribution in [0.5, 0.6) is 0 Å². The highest BCUT2D eigenvalue weighted by Crippen LogP contribution is 2.44. The number of ether oxygens (including phenoxy) is 1. The van der Waals surface area contributed by atoms with Gasteiger partial charge in [-0.15, -0.1) is 12.6 Å². The number of benzene rings is 3. The van der Waals surface area contributed by atoms with Crippen LogP contribution >= 0.6 is 12.6 Å². The molecule has 2 N–H and O–H groups in total. The molecule has 3 aromatic carbocycles. The fourth-order valence-electron chi connectivity index (χ4n) is 5.10. The first-order valence-corrected chi connectivity index (χ1v) is 11.9. The maximum absolute atomic E-state index is 12.9. The molecule has 1 heterocycles. The van der Waals surface area contributed by atoms with E-state index in [-0.39, 0.29) is 12.0 Å². The lowest BCUT2D eigenvalue weighted by Crippen LogP contribution is -2.49. The second-order valence-corrected chi connectivity index (χ2v) is 9.25. The van der Waals surface area contributed by atoms with Crippen molar-refractivity contribution in [3.8, 4) is 11.1 Å². The third kappa shape index (κ3) is 4.09. The minimum Gasteiger partial charge on any atom is -0.448 e. The van der Waals surface area contributed by atoms with E-state index in [1.54, 1.807) is 0 Å². The van der Waals surface area contributed by atoms with Crippen LogP contribution in [0, 0.1) is 6.92 Å². The Hall–Kier alpha value is -2.96. The SMILES string of the molecule is Cc1c(CN)cc(S)cc1N1CCN(C(=O)OCC2c3ccccc3-c3ccccc32)CC1. The first-order valence-electron chi connectivity index (χ1n) is 11.4. The van der Waals surface area contributed by atoms with E-state index in [0.717, 1.165) is 29.2 Å². The Morgan fingerprint density at radius 3 is 2.21 bits per heavy atom. The number of hydrogen-bond acceptors (Lipinski definition) is 5. The van der Waals surface area contributed by atoms with Crippen molar-refractivity contribution in [1.82, 2.24) is 4.90 Å². The molecule has 2 aliphatic rings. The van der Waals surface area contributed by atoms with Gasteiger partial charge in [-0.25, -0.2) is 4.79 Å². The Morgan fingerprint density at radius 2 is 1.61 bits per heavy atom. The van der Waals surface area contributed by atoms with Crippen molar-refractivity contribution in [1.29, 1.82) is 0 Å². The lowest BCUT2D eigenvalue weighted by atomic mass is 9.98. The van der Waals surface area contributed by atoms with Gasteiger partial charge in [-0.3, -0.25) is 0 Å². The van der Waals surface area contributed by atoms with Crippen molar-refractivity contribution >= 4 is 24.4 Å². The molecule has 0 saturated carbocycles. The van der Waals surface area contributed by atoms with Crippen LogP contribution in [0.2, 0.25) is 0 Å². The van der Waals surface area contributed by atoms with Crippen molar-refractivity contribution in [3.05, 3.63) is 82.9 Å². The summed E-state index contributed by atoms with van der Waals surface area (Å²) in [5.74, 6) is 0.0816. The van der Waals surface area contributed by atoms with Gasteiger partial charge in [0.05, 0.1) is 0 Å². The molecule has 1 amide bonds. The van der Waals surface area contributed by atoms with E-state index in [1.165, 1.54) is 27.8 Å². The van der Waals surface area contributed by atoms with Crippen LogP contribution < -0.4 is 10.6 Å². The lowest BCUT2D eigenvalue weighted by molar-refractivity contribution is 0.0977. The predicted molar refractivity (Wildman–Crippen MR) is 135 cm³/mol. The zero-order valence-electron chi connectivity index (χ0n) is 18.8. The Balaban J connectivity index is 1.23. The van der Waals surface area contributed by atoms with Crippen molar-refractivity contribution in [2.75, 3.05) is 37.7 Å². The maximum Gasteiger partial charge on any atom is 0.409 e. The van der Waals surface area contributed by atoms with Gasteiger partial charge >= 0.3 is 6.09 Å². The van der Waals surface area contributed by atoms with Crippen LogP contribution in [0.4, 0.5) is 10.5 Å². The molecule has 1 aliphatic carbocycles. The summed E-state index contributed by atoms with van der Waals surface area (Å²) in [6.07, 6.45) is -0.237. The van der Waals surface area contributed by atoms with Crippen LogP contribution in [0.1, 0.15) is 28.2 Å². The molecule has 1 saturated heterocycles. The number of carbonyl (C=O) groups excluding carboxylic acids is 1. The number of anilines is 1. The van der Waals surface area contributed by atoms with Gasteiger partial charge in [0.25, 0.3) is 0 Å². The average Bonchev–Trinajstić information content (AvgIpc) is 3.17. The number of thiol groups is 1. The Morgan fingerprint density at radius 1 is 1.00 bits per heavy atom. The van der Waals surface area contributed by atoms with E-state index in [4.69, 9.17) is 10.5 Å². The largest absolute Gasteiger partial charge is 0.448 e. The molecule has 0 atom stereocenters. The van der Waals surface area contributed by atoms with Gasteiger partial charge in [-0.2, -0.15) is 0 Å². The number of nitrogens with zero attached hydrogens (tertiary/aromatic N) is 2. The molecule has 0 aromatic heterocycles.